The number of aliphatic hydroxyl groups is 1. The number of phenols is 1. The average Bonchev–Trinajstić information content (AvgIpc) is 2.37. The van der Waals surface area contributed by atoms with Crippen LogP contribution in [-0.4, -0.2) is 10.2 Å². The van der Waals surface area contributed by atoms with Crippen LogP contribution in [-0.2, 0) is 5.60 Å². The molecule has 0 aliphatic carbocycles. The average molecular weight is 252 g/mol. The number of rotatable bonds is 1. The number of fused-ring (bicyclic) bond motifs is 3. The van der Waals surface area contributed by atoms with Gasteiger partial charge in [0.2, 0.25) is 0 Å². The third-order valence-corrected chi connectivity index (χ3v) is 3.52. The molecule has 96 valence electrons. The molecule has 3 rings (SSSR count). The minimum Gasteiger partial charge on any atom is -0.507 e. The summed E-state index contributed by atoms with van der Waals surface area (Å²) in [7, 11) is 0. The Labute approximate surface area is 111 Å². The second-order valence-electron chi connectivity index (χ2n) is 5.40. The zero-order chi connectivity index (χ0) is 13.6. The van der Waals surface area contributed by atoms with E-state index < -0.39 is 5.60 Å². The van der Waals surface area contributed by atoms with Crippen LogP contribution in [0.1, 0.15) is 19.4 Å². The van der Waals surface area contributed by atoms with Crippen molar-refractivity contribution in [3.05, 3.63) is 54.1 Å². The van der Waals surface area contributed by atoms with E-state index in [9.17, 15) is 10.2 Å². The van der Waals surface area contributed by atoms with E-state index in [-0.39, 0.29) is 5.75 Å². The van der Waals surface area contributed by atoms with Gasteiger partial charge in [0.15, 0.2) is 0 Å². The predicted molar refractivity (Wildman–Crippen MR) is 78.4 cm³/mol. The molecule has 19 heavy (non-hydrogen) atoms. The summed E-state index contributed by atoms with van der Waals surface area (Å²) in [6.07, 6.45) is 0. The summed E-state index contributed by atoms with van der Waals surface area (Å²) in [6, 6.07) is 15.5. The van der Waals surface area contributed by atoms with Gasteiger partial charge in [-0.25, -0.2) is 0 Å². The first-order chi connectivity index (χ1) is 8.98. The van der Waals surface area contributed by atoms with Crippen LogP contribution in [0.5, 0.6) is 5.75 Å². The lowest BCUT2D eigenvalue weighted by Gasteiger charge is -2.21. The Kier molecular flexibility index (Phi) is 2.51. The minimum atomic E-state index is -0.987. The van der Waals surface area contributed by atoms with Crippen molar-refractivity contribution in [2.24, 2.45) is 0 Å². The largest absolute Gasteiger partial charge is 0.507 e. The normalized spacial score (nSPS) is 12.2. The number of benzene rings is 3. The van der Waals surface area contributed by atoms with Crippen molar-refractivity contribution in [3.8, 4) is 5.75 Å². The Hall–Kier alpha value is -2.06. The van der Waals surface area contributed by atoms with Gasteiger partial charge in [-0.15, -0.1) is 0 Å². The maximum absolute atomic E-state index is 10.3. The summed E-state index contributed by atoms with van der Waals surface area (Å²) in [4.78, 5) is 0. The smallest absolute Gasteiger partial charge is 0.124 e. The van der Waals surface area contributed by atoms with E-state index in [0.717, 1.165) is 27.1 Å². The molecule has 0 heterocycles. The molecule has 0 aromatic heterocycles. The second kappa shape index (κ2) is 3.97. The molecule has 0 atom stereocenters. The number of hydrogen-bond donors (Lipinski definition) is 2. The van der Waals surface area contributed by atoms with E-state index in [1.54, 1.807) is 19.9 Å². The van der Waals surface area contributed by atoms with E-state index >= 15 is 0 Å². The summed E-state index contributed by atoms with van der Waals surface area (Å²) in [5.41, 5.74) is -0.243. The first-order valence-electron chi connectivity index (χ1n) is 6.35. The molecule has 0 radical (unpaired) electrons. The van der Waals surface area contributed by atoms with Crippen LogP contribution in [0.15, 0.2) is 48.5 Å². The van der Waals surface area contributed by atoms with Gasteiger partial charge in [-0.05, 0) is 41.6 Å². The van der Waals surface area contributed by atoms with Gasteiger partial charge in [0, 0.05) is 5.39 Å². The minimum absolute atomic E-state index is 0.214. The van der Waals surface area contributed by atoms with E-state index in [4.69, 9.17) is 0 Å². The summed E-state index contributed by atoms with van der Waals surface area (Å²) < 4.78 is 0. The van der Waals surface area contributed by atoms with E-state index in [1.165, 1.54) is 0 Å². The van der Waals surface area contributed by atoms with E-state index in [0.29, 0.717) is 0 Å². The molecule has 2 heteroatoms. The van der Waals surface area contributed by atoms with Crippen LogP contribution in [0.4, 0.5) is 0 Å². The second-order valence-corrected chi connectivity index (χ2v) is 5.40. The SMILES string of the molecule is CC(C)(O)c1cccc2c1c(O)cc1ccccc12. The van der Waals surface area contributed by atoms with Crippen LogP contribution >= 0.6 is 0 Å². The first kappa shape index (κ1) is 12.0. The third kappa shape index (κ3) is 1.85. The van der Waals surface area contributed by atoms with Crippen molar-refractivity contribution in [1.29, 1.82) is 0 Å². The first-order valence-corrected chi connectivity index (χ1v) is 6.35. The molecule has 2 nitrogen and oxygen atoms in total. The fraction of sp³-hybridized carbons (Fsp3) is 0.176. The number of hydrogen-bond acceptors (Lipinski definition) is 2. The van der Waals surface area contributed by atoms with Crippen LogP contribution < -0.4 is 0 Å². The van der Waals surface area contributed by atoms with Crippen molar-refractivity contribution >= 4 is 21.5 Å². The highest BCUT2D eigenvalue weighted by atomic mass is 16.3. The lowest BCUT2D eigenvalue weighted by Crippen LogP contribution is -2.15. The lowest BCUT2D eigenvalue weighted by atomic mass is 9.90. The zero-order valence-electron chi connectivity index (χ0n) is 11.0. The molecule has 0 aliphatic rings. The summed E-state index contributed by atoms with van der Waals surface area (Å²) in [5, 5.41) is 24.4. The molecule has 3 aromatic rings. The topological polar surface area (TPSA) is 40.5 Å². The zero-order valence-corrected chi connectivity index (χ0v) is 11.0. The fourth-order valence-corrected chi connectivity index (χ4v) is 2.65. The molecule has 0 aliphatic heterocycles. The Morgan fingerprint density at radius 1 is 0.895 bits per heavy atom. The maximum atomic E-state index is 10.3. The quantitative estimate of drug-likeness (QED) is 0.644. The summed E-state index contributed by atoms with van der Waals surface area (Å²) >= 11 is 0. The monoisotopic (exact) mass is 252 g/mol. The van der Waals surface area contributed by atoms with Gasteiger partial charge in [0.05, 0.1) is 5.60 Å². The van der Waals surface area contributed by atoms with E-state index in [1.807, 2.05) is 42.5 Å². The van der Waals surface area contributed by atoms with Gasteiger partial charge in [-0.3, -0.25) is 0 Å². The molecule has 0 fully saturated rings. The summed E-state index contributed by atoms with van der Waals surface area (Å²) in [6.45, 7) is 3.47. The van der Waals surface area contributed by atoms with Crippen molar-refractivity contribution < 1.29 is 10.2 Å². The standard InChI is InChI=1S/C17H16O2/c1-17(2,19)14-9-5-8-13-12-7-4-3-6-11(12)10-15(18)16(13)14/h3-10,18-19H,1-2H3. The lowest BCUT2D eigenvalue weighted by molar-refractivity contribution is 0.0800. The van der Waals surface area contributed by atoms with Crippen LogP contribution in [0.2, 0.25) is 0 Å². The Bertz CT molecular complexity index is 767. The Morgan fingerprint density at radius 2 is 1.58 bits per heavy atom. The molecule has 0 saturated carbocycles. The Balaban J connectivity index is 2.55. The molecule has 2 N–H and O–H groups in total. The van der Waals surface area contributed by atoms with Crippen molar-refractivity contribution in [2.75, 3.05) is 0 Å². The molecule has 0 bridgehead atoms. The Morgan fingerprint density at radius 3 is 2.32 bits per heavy atom. The fourth-order valence-electron chi connectivity index (χ4n) is 2.65. The number of phenolic OH excluding ortho intramolecular Hbond substituents is 1. The van der Waals surface area contributed by atoms with Gasteiger partial charge >= 0.3 is 0 Å². The molecule has 3 aromatic carbocycles. The molecule has 0 saturated heterocycles. The summed E-state index contributed by atoms with van der Waals surface area (Å²) in [5.74, 6) is 0.214. The van der Waals surface area contributed by atoms with Gasteiger partial charge < -0.3 is 10.2 Å². The van der Waals surface area contributed by atoms with Gasteiger partial charge in [-0.2, -0.15) is 0 Å². The van der Waals surface area contributed by atoms with Crippen LogP contribution in [0.25, 0.3) is 21.5 Å². The van der Waals surface area contributed by atoms with Gasteiger partial charge in [0.25, 0.3) is 0 Å². The highest BCUT2D eigenvalue weighted by Gasteiger charge is 2.21. The van der Waals surface area contributed by atoms with Gasteiger partial charge in [-0.1, -0.05) is 42.5 Å². The predicted octanol–water partition coefficient (Wildman–Crippen LogP) is 3.93. The third-order valence-electron chi connectivity index (χ3n) is 3.52. The molecule has 0 unspecified atom stereocenters. The molecule has 0 amide bonds. The van der Waals surface area contributed by atoms with E-state index in [2.05, 4.69) is 0 Å². The van der Waals surface area contributed by atoms with Crippen LogP contribution in [0.3, 0.4) is 0 Å². The van der Waals surface area contributed by atoms with Gasteiger partial charge in [0.1, 0.15) is 5.75 Å². The molecular formula is C17H16O2. The number of aromatic hydroxyl groups is 1. The molecule has 0 spiro atoms. The van der Waals surface area contributed by atoms with Crippen LogP contribution in [0, 0.1) is 0 Å². The highest BCUT2D eigenvalue weighted by Crippen LogP contribution is 2.38. The molecular weight excluding hydrogens is 236 g/mol. The highest BCUT2D eigenvalue weighted by molar-refractivity contribution is 6.11. The van der Waals surface area contributed by atoms with Crippen molar-refractivity contribution in [3.63, 3.8) is 0 Å². The maximum Gasteiger partial charge on any atom is 0.124 e. The van der Waals surface area contributed by atoms with Crippen molar-refractivity contribution in [2.45, 2.75) is 19.4 Å². The van der Waals surface area contributed by atoms with Crippen molar-refractivity contribution in [1.82, 2.24) is 0 Å².